The highest BCUT2D eigenvalue weighted by Gasteiger charge is 2.22. The minimum Gasteiger partial charge on any atom is -0.477 e. The molecule has 0 atom stereocenters. The van der Waals surface area contributed by atoms with Crippen molar-refractivity contribution in [3.05, 3.63) is 28.7 Å². The summed E-state index contributed by atoms with van der Waals surface area (Å²) in [6, 6.07) is 1.43. The molecule has 0 amide bonds. The van der Waals surface area contributed by atoms with Crippen LogP contribution < -0.4 is 4.72 Å². The van der Waals surface area contributed by atoms with Crippen molar-refractivity contribution >= 4 is 33.0 Å². The van der Waals surface area contributed by atoms with E-state index in [1.165, 1.54) is 12.3 Å². The molecule has 0 saturated heterocycles. The fourth-order valence-corrected chi connectivity index (χ4v) is 3.67. The zero-order chi connectivity index (χ0) is 14.2. The Balaban J connectivity index is 2.38. The highest BCUT2D eigenvalue weighted by atomic mass is 32.2. The lowest BCUT2D eigenvalue weighted by atomic mass is 10.4. The van der Waals surface area contributed by atoms with Crippen LogP contribution in [-0.2, 0) is 10.0 Å². The molecule has 0 radical (unpaired) electrons. The maximum atomic E-state index is 12.1. The van der Waals surface area contributed by atoms with Gasteiger partial charge in [0.15, 0.2) is 4.21 Å². The van der Waals surface area contributed by atoms with Crippen molar-refractivity contribution in [2.24, 2.45) is 0 Å². The first-order valence-corrected chi connectivity index (χ1v) is 7.48. The van der Waals surface area contributed by atoms with E-state index in [1.54, 1.807) is 13.8 Å². The van der Waals surface area contributed by atoms with Crippen LogP contribution in [-0.4, -0.2) is 29.5 Å². The average molecular weight is 301 g/mol. The molecule has 0 unspecified atom stereocenters. The zero-order valence-electron chi connectivity index (χ0n) is 10.1. The van der Waals surface area contributed by atoms with E-state index in [2.05, 4.69) is 14.7 Å². The highest BCUT2D eigenvalue weighted by molar-refractivity contribution is 7.94. The Kier molecular flexibility index (Phi) is 3.33. The van der Waals surface area contributed by atoms with E-state index in [4.69, 9.17) is 5.11 Å². The summed E-state index contributed by atoms with van der Waals surface area (Å²) in [7, 11) is -3.81. The van der Waals surface area contributed by atoms with Gasteiger partial charge in [-0.15, -0.1) is 11.3 Å². The Morgan fingerprint density at radius 3 is 2.68 bits per heavy atom. The number of H-pyrrole nitrogens is 1. The summed E-state index contributed by atoms with van der Waals surface area (Å²) in [5.74, 6) is -1.23. The van der Waals surface area contributed by atoms with Crippen molar-refractivity contribution in [3.63, 3.8) is 0 Å². The number of nitrogens with zero attached hydrogens (tertiary/aromatic N) is 1. The third kappa shape index (κ3) is 2.76. The van der Waals surface area contributed by atoms with Crippen LogP contribution in [0.1, 0.15) is 21.2 Å². The van der Waals surface area contributed by atoms with E-state index in [-0.39, 0.29) is 15.6 Å². The van der Waals surface area contributed by atoms with Crippen LogP contribution in [0.5, 0.6) is 0 Å². The van der Waals surface area contributed by atoms with Gasteiger partial charge in [-0.3, -0.25) is 4.72 Å². The molecule has 2 heterocycles. The van der Waals surface area contributed by atoms with Gasteiger partial charge in [-0.1, -0.05) is 0 Å². The number of aryl methyl sites for hydroxylation is 2. The van der Waals surface area contributed by atoms with Crippen LogP contribution in [0.25, 0.3) is 0 Å². The number of anilines is 1. The van der Waals surface area contributed by atoms with Gasteiger partial charge in [-0.25, -0.2) is 18.2 Å². The van der Waals surface area contributed by atoms with E-state index in [1.807, 2.05) is 0 Å². The van der Waals surface area contributed by atoms with Crippen LogP contribution in [0.4, 0.5) is 5.69 Å². The van der Waals surface area contributed by atoms with Gasteiger partial charge in [0.2, 0.25) is 0 Å². The maximum Gasteiger partial charge on any atom is 0.354 e. The molecule has 0 aliphatic heterocycles. The molecule has 0 bridgehead atoms. The van der Waals surface area contributed by atoms with E-state index < -0.39 is 16.0 Å². The number of sulfonamides is 1. The minimum atomic E-state index is -3.81. The molecule has 9 heteroatoms. The maximum absolute atomic E-state index is 12.1. The minimum absolute atomic E-state index is 0.0102. The van der Waals surface area contributed by atoms with Gasteiger partial charge in [0.25, 0.3) is 10.0 Å². The molecule has 0 aliphatic rings. The van der Waals surface area contributed by atoms with Gasteiger partial charge >= 0.3 is 5.97 Å². The van der Waals surface area contributed by atoms with Crippen molar-refractivity contribution in [1.29, 1.82) is 0 Å². The van der Waals surface area contributed by atoms with Gasteiger partial charge in [0.05, 0.1) is 16.9 Å². The number of carboxylic acids is 1. The topological polar surface area (TPSA) is 112 Å². The highest BCUT2D eigenvalue weighted by Crippen LogP contribution is 2.24. The van der Waals surface area contributed by atoms with Gasteiger partial charge in [0.1, 0.15) is 5.69 Å². The number of carboxylic acid groups (broad SMARTS) is 1. The number of carbonyl (C=O) groups is 1. The quantitative estimate of drug-likeness (QED) is 0.793. The normalized spacial score (nSPS) is 11.5. The second kappa shape index (κ2) is 4.67. The molecule has 0 aliphatic carbocycles. The predicted molar refractivity (Wildman–Crippen MR) is 70.1 cm³/mol. The number of thiazole rings is 1. The third-order valence-corrected chi connectivity index (χ3v) is 5.01. The van der Waals surface area contributed by atoms with Gasteiger partial charge < -0.3 is 10.1 Å². The lowest BCUT2D eigenvalue weighted by Gasteiger charge is -2.04. The van der Waals surface area contributed by atoms with Crippen molar-refractivity contribution in [3.8, 4) is 0 Å². The molecular formula is C10H11N3O4S2. The summed E-state index contributed by atoms with van der Waals surface area (Å²) in [5, 5.41) is 9.59. The molecule has 2 rings (SSSR count). The molecule has 0 aromatic carbocycles. The fourth-order valence-electron chi connectivity index (χ4n) is 1.50. The number of hydrogen-bond acceptors (Lipinski definition) is 5. The summed E-state index contributed by atoms with van der Waals surface area (Å²) >= 11 is 1.02. The summed E-state index contributed by atoms with van der Waals surface area (Å²) in [5.41, 5.74) is 0.369. The summed E-state index contributed by atoms with van der Waals surface area (Å²) in [6.07, 6.45) is 1.24. The van der Waals surface area contributed by atoms with Gasteiger partial charge in [-0.2, -0.15) is 0 Å². The lowest BCUT2D eigenvalue weighted by molar-refractivity contribution is 0.0692. The SMILES string of the molecule is Cc1cc(NS(=O)(=O)c2cnc(C)s2)c(C(=O)O)[nH]1. The first-order chi connectivity index (χ1) is 8.79. The smallest absolute Gasteiger partial charge is 0.354 e. The van der Waals surface area contributed by atoms with Gasteiger partial charge in [0, 0.05) is 5.69 Å². The molecule has 102 valence electrons. The van der Waals surface area contributed by atoms with Crippen LogP contribution in [0.3, 0.4) is 0 Å². The first-order valence-electron chi connectivity index (χ1n) is 5.18. The number of aromatic carboxylic acids is 1. The number of aromatic nitrogens is 2. The molecule has 2 aromatic heterocycles. The van der Waals surface area contributed by atoms with E-state index in [0.717, 1.165) is 11.3 Å². The predicted octanol–water partition coefficient (Wildman–Crippen LogP) is 1.59. The molecular weight excluding hydrogens is 290 g/mol. The lowest BCUT2D eigenvalue weighted by Crippen LogP contribution is -2.13. The van der Waals surface area contributed by atoms with E-state index in [0.29, 0.717) is 10.7 Å². The van der Waals surface area contributed by atoms with E-state index in [9.17, 15) is 13.2 Å². The van der Waals surface area contributed by atoms with Crippen molar-refractivity contribution in [2.75, 3.05) is 4.72 Å². The largest absolute Gasteiger partial charge is 0.477 e. The average Bonchev–Trinajstić information content (AvgIpc) is 2.85. The molecule has 19 heavy (non-hydrogen) atoms. The molecule has 3 N–H and O–H groups in total. The molecule has 0 spiro atoms. The second-order valence-corrected chi connectivity index (χ2v) is 6.99. The van der Waals surface area contributed by atoms with Crippen molar-refractivity contribution < 1.29 is 18.3 Å². The van der Waals surface area contributed by atoms with E-state index >= 15 is 0 Å². The monoisotopic (exact) mass is 301 g/mol. The molecule has 2 aromatic rings. The number of hydrogen-bond donors (Lipinski definition) is 3. The number of nitrogens with one attached hydrogen (secondary N) is 2. The zero-order valence-corrected chi connectivity index (χ0v) is 11.7. The van der Waals surface area contributed by atoms with Crippen LogP contribution in [0.2, 0.25) is 0 Å². The molecule has 0 saturated carbocycles. The van der Waals surface area contributed by atoms with Crippen LogP contribution in [0, 0.1) is 13.8 Å². The van der Waals surface area contributed by atoms with Crippen molar-refractivity contribution in [2.45, 2.75) is 18.1 Å². The Bertz CT molecular complexity index is 730. The van der Waals surface area contributed by atoms with Crippen LogP contribution >= 0.6 is 11.3 Å². The van der Waals surface area contributed by atoms with Gasteiger partial charge in [-0.05, 0) is 19.9 Å². The number of aromatic amines is 1. The standard InChI is InChI=1S/C10H11N3O4S2/c1-5-3-7(9(12-5)10(14)15)13-19(16,17)8-4-11-6(2)18-8/h3-4,12-13H,1-2H3,(H,14,15). The Labute approximate surface area is 113 Å². The first kappa shape index (κ1) is 13.6. The molecule has 0 fully saturated rings. The second-order valence-electron chi connectivity index (χ2n) is 3.85. The Hall–Kier alpha value is -1.87. The Morgan fingerprint density at radius 2 is 2.16 bits per heavy atom. The summed E-state index contributed by atoms with van der Waals surface area (Å²) < 4.78 is 26.4. The summed E-state index contributed by atoms with van der Waals surface area (Å²) in [4.78, 5) is 17.4. The summed E-state index contributed by atoms with van der Waals surface area (Å²) in [6.45, 7) is 3.33. The molecule has 7 nitrogen and oxygen atoms in total. The third-order valence-electron chi connectivity index (χ3n) is 2.28. The van der Waals surface area contributed by atoms with Crippen molar-refractivity contribution in [1.82, 2.24) is 9.97 Å². The fraction of sp³-hybridized carbons (Fsp3) is 0.200. The number of rotatable bonds is 4. The van der Waals surface area contributed by atoms with Crippen LogP contribution in [0.15, 0.2) is 16.5 Å². The Morgan fingerprint density at radius 1 is 1.47 bits per heavy atom.